The van der Waals surface area contributed by atoms with Crippen molar-refractivity contribution in [3.8, 4) is 5.75 Å². The Bertz CT molecular complexity index is 961. The predicted molar refractivity (Wildman–Crippen MR) is 111 cm³/mol. The van der Waals surface area contributed by atoms with Gasteiger partial charge in [0.2, 0.25) is 0 Å². The number of nitrogens with one attached hydrogen (secondary N) is 3. The van der Waals surface area contributed by atoms with Gasteiger partial charge in [-0.15, -0.1) is 0 Å². The summed E-state index contributed by atoms with van der Waals surface area (Å²) in [4.78, 5) is 3.29. The van der Waals surface area contributed by atoms with E-state index in [0.717, 1.165) is 61.1 Å². The highest BCUT2D eigenvalue weighted by molar-refractivity contribution is 5.83. The number of para-hydroxylation sites is 2. The minimum absolute atomic E-state index is 0.157. The van der Waals surface area contributed by atoms with E-state index in [1.54, 1.807) is 6.07 Å². The fraction of sp³-hybridized carbons (Fsp3) is 0.391. The Morgan fingerprint density at radius 1 is 1.07 bits per heavy atom. The third-order valence-corrected chi connectivity index (χ3v) is 6.18. The molecule has 2 aliphatic rings. The number of H-pyrrole nitrogens is 1. The molecule has 4 nitrogen and oxygen atoms in total. The Hall–Kier alpha value is -2.53. The average Bonchev–Trinajstić information content (AvgIpc) is 3.15. The van der Waals surface area contributed by atoms with Gasteiger partial charge in [0.15, 0.2) is 0 Å². The van der Waals surface area contributed by atoms with Crippen molar-refractivity contribution >= 4 is 16.6 Å². The average molecular weight is 379 g/mol. The first-order valence-corrected chi connectivity index (χ1v) is 10.3. The highest BCUT2D eigenvalue weighted by atomic mass is 19.1. The monoisotopic (exact) mass is 379 g/mol. The number of fused-ring (bicyclic) bond motifs is 2. The van der Waals surface area contributed by atoms with Gasteiger partial charge in [-0.25, -0.2) is 4.39 Å². The number of benzene rings is 2. The first kappa shape index (κ1) is 17.6. The summed E-state index contributed by atoms with van der Waals surface area (Å²) in [7, 11) is 0. The lowest BCUT2D eigenvalue weighted by Crippen LogP contribution is -2.44. The molecule has 146 valence electrons. The molecular weight excluding hydrogens is 353 g/mol. The van der Waals surface area contributed by atoms with Crippen LogP contribution in [0.1, 0.15) is 37.2 Å². The van der Waals surface area contributed by atoms with Crippen molar-refractivity contribution < 1.29 is 9.13 Å². The summed E-state index contributed by atoms with van der Waals surface area (Å²) in [5.74, 6) is 1.29. The first-order valence-electron chi connectivity index (χ1n) is 10.3. The van der Waals surface area contributed by atoms with Crippen LogP contribution in [-0.2, 0) is 0 Å². The molecule has 0 spiro atoms. The van der Waals surface area contributed by atoms with E-state index in [9.17, 15) is 4.39 Å². The minimum atomic E-state index is -0.161. The molecule has 5 rings (SSSR count). The van der Waals surface area contributed by atoms with Gasteiger partial charge in [0, 0.05) is 29.7 Å². The number of anilines is 1. The lowest BCUT2D eigenvalue weighted by atomic mass is 9.81. The van der Waals surface area contributed by atoms with E-state index in [0.29, 0.717) is 12.0 Å². The van der Waals surface area contributed by atoms with Crippen LogP contribution >= 0.6 is 0 Å². The second-order valence-electron chi connectivity index (χ2n) is 8.01. The molecular formula is C23H26FN3O. The molecule has 2 heterocycles. The molecule has 0 amide bonds. The summed E-state index contributed by atoms with van der Waals surface area (Å²) in [5, 5.41) is 8.19. The van der Waals surface area contributed by atoms with E-state index >= 15 is 0 Å². The number of aromatic nitrogens is 1. The van der Waals surface area contributed by atoms with Crippen molar-refractivity contribution in [2.24, 2.45) is 0 Å². The topological polar surface area (TPSA) is 49.1 Å². The largest absolute Gasteiger partial charge is 0.485 e. The Labute approximate surface area is 164 Å². The number of aromatic amines is 1. The van der Waals surface area contributed by atoms with Gasteiger partial charge in [-0.1, -0.05) is 12.1 Å². The number of rotatable bonds is 4. The number of ether oxygens (including phenoxy) is 1. The maximum Gasteiger partial charge on any atom is 0.142 e. The van der Waals surface area contributed by atoms with E-state index in [1.165, 1.54) is 11.6 Å². The van der Waals surface area contributed by atoms with Gasteiger partial charge in [0.05, 0.1) is 12.2 Å². The zero-order chi connectivity index (χ0) is 18.9. The normalized spacial score (nSPS) is 24.4. The highest BCUT2D eigenvalue weighted by Gasteiger charge is 2.26. The van der Waals surface area contributed by atoms with Crippen LogP contribution < -0.4 is 15.4 Å². The summed E-state index contributed by atoms with van der Waals surface area (Å²) >= 11 is 0. The van der Waals surface area contributed by atoms with Gasteiger partial charge in [0.25, 0.3) is 0 Å². The quantitative estimate of drug-likeness (QED) is 0.610. The molecule has 1 unspecified atom stereocenters. The van der Waals surface area contributed by atoms with Gasteiger partial charge >= 0.3 is 0 Å². The van der Waals surface area contributed by atoms with Crippen molar-refractivity contribution in [2.75, 3.05) is 18.4 Å². The smallest absolute Gasteiger partial charge is 0.142 e. The van der Waals surface area contributed by atoms with Crippen LogP contribution in [0.4, 0.5) is 10.1 Å². The summed E-state index contributed by atoms with van der Waals surface area (Å²) < 4.78 is 19.8. The standard InChI is InChI=1S/C23H26FN3O/c24-16-7-10-21-19(11-16)20(14-27-21)15-5-8-17(9-6-15)25-12-18-13-26-22-3-1-2-4-23(22)28-18/h1-4,7,10-11,14-15,17-18,25-27H,5-6,8-9,12-13H2. The van der Waals surface area contributed by atoms with E-state index in [2.05, 4.69) is 27.9 Å². The molecule has 3 aromatic rings. The summed E-state index contributed by atoms with van der Waals surface area (Å²) in [6.07, 6.45) is 6.78. The van der Waals surface area contributed by atoms with Crippen LogP contribution in [0.2, 0.25) is 0 Å². The van der Waals surface area contributed by atoms with Crippen LogP contribution in [0.3, 0.4) is 0 Å². The molecule has 0 bridgehead atoms. The SMILES string of the molecule is Fc1ccc2[nH]cc(C3CCC(NCC4CNc5ccccc5O4)CC3)c2c1. The predicted octanol–water partition coefficient (Wildman–Crippen LogP) is 4.80. The molecule has 28 heavy (non-hydrogen) atoms. The maximum atomic E-state index is 13.7. The Balaban J connectivity index is 1.15. The molecule has 1 aliphatic heterocycles. The molecule has 0 saturated heterocycles. The lowest BCUT2D eigenvalue weighted by molar-refractivity contribution is 0.190. The third-order valence-electron chi connectivity index (χ3n) is 6.18. The van der Waals surface area contributed by atoms with E-state index in [-0.39, 0.29) is 11.9 Å². The zero-order valence-electron chi connectivity index (χ0n) is 15.9. The fourth-order valence-corrected chi connectivity index (χ4v) is 4.63. The van der Waals surface area contributed by atoms with Crippen LogP contribution in [0.5, 0.6) is 5.75 Å². The Kier molecular flexibility index (Phi) is 4.69. The van der Waals surface area contributed by atoms with Crippen molar-refractivity contribution in [2.45, 2.75) is 43.7 Å². The summed E-state index contributed by atoms with van der Waals surface area (Å²) in [6, 6.07) is 13.6. The molecule has 1 atom stereocenters. The number of hydrogen-bond donors (Lipinski definition) is 3. The summed E-state index contributed by atoms with van der Waals surface area (Å²) in [5.41, 5.74) is 3.37. The number of hydrogen-bond acceptors (Lipinski definition) is 3. The van der Waals surface area contributed by atoms with Crippen molar-refractivity contribution in [1.29, 1.82) is 0 Å². The lowest BCUT2D eigenvalue weighted by Gasteiger charge is -2.32. The van der Waals surface area contributed by atoms with E-state index in [1.807, 2.05) is 24.3 Å². The Morgan fingerprint density at radius 2 is 1.93 bits per heavy atom. The molecule has 1 fully saturated rings. The second kappa shape index (κ2) is 7.47. The third kappa shape index (κ3) is 3.47. The van der Waals surface area contributed by atoms with Gasteiger partial charge in [-0.2, -0.15) is 0 Å². The van der Waals surface area contributed by atoms with Crippen LogP contribution in [-0.4, -0.2) is 30.2 Å². The van der Waals surface area contributed by atoms with Crippen molar-refractivity contribution in [1.82, 2.24) is 10.3 Å². The van der Waals surface area contributed by atoms with E-state index in [4.69, 9.17) is 4.74 Å². The van der Waals surface area contributed by atoms with Crippen LogP contribution in [0.25, 0.3) is 10.9 Å². The zero-order valence-corrected chi connectivity index (χ0v) is 15.9. The molecule has 1 aromatic heterocycles. The molecule has 0 radical (unpaired) electrons. The van der Waals surface area contributed by atoms with Gasteiger partial charge in [-0.3, -0.25) is 0 Å². The molecule has 3 N–H and O–H groups in total. The van der Waals surface area contributed by atoms with Crippen molar-refractivity contribution in [3.63, 3.8) is 0 Å². The molecule has 5 heteroatoms. The first-order chi connectivity index (χ1) is 13.8. The van der Waals surface area contributed by atoms with Crippen LogP contribution in [0.15, 0.2) is 48.7 Å². The minimum Gasteiger partial charge on any atom is -0.485 e. The van der Waals surface area contributed by atoms with Gasteiger partial charge in [0.1, 0.15) is 17.7 Å². The van der Waals surface area contributed by atoms with E-state index < -0.39 is 0 Å². The highest BCUT2D eigenvalue weighted by Crippen LogP contribution is 2.37. The van der Waals surface area contributed by atoms with Gasteiger partial charge in [-0.05, 0) is 67.5 Å². The molecule has 1 saturated carbocycles. The van der Waals surface area contributed by atoms with Crippen molar-refractivity contribution in [3.05, 3.63) is 60.0 Å². The Morgan fingerprint density at radius 3 is 2.82 bits per heavy atom. The van der Waals surface area contributed by atoms with Gasteiger partial charge < -0.3 is 20.4 Å². The number of halogens is 1. The maximum absolute atomic E-state index is 13.7. The fourth-order valence-electron chi connectivity index (χ4n) is 4.63. The summed E-state index contributed by atoms with van der Waals surface area (Å²) in [6.45, 7) is 1.69. The van der Waals surface area contributed by atoms with Crippen LogP contribution in [0, 0.1) is 5.82 Å². The molecule has 2 aromatic carbocycles. The second-order valence-corrected chi connectivity index (χ2v) is 8.01. The molecule has 1 aliphatic carbocycles.